The first-order valence-corrected chi connectivity index (χ1v) is 5.38. The van der Waals surface area contributed by atoms with Gasteiger partial charge in [-0.2, -0.15) is 0 Å². The van der Waals surface area contributed by atoms with Crippen molar-refractivity contribution < 1.29 is 9.53 Å². The molecule has 4 heteroatoms. The lowest BCUT2D eigenvalue weighted by Gasteiger charge is -2.05. The number of ether oxygens (including phenoxy) is 1. The molecule has 1 heterocycles. The quantitative estimate of drug-likeness (QED) is 0.583. The van der Waals surface area contributed by atoms with Gasteiger partial charge in [0.15, 0.2) is 0 Å². The largest absolute Gasteiger partial charge is 0.445 e. The van der Waals surface area contributed by atoms with E-state index in [1.165, 1.54) is 0 Å². The van der Waals surface area contributed by atoms with E-state index in [-0.39, 0.29) is 12.1 Å². The van der Waals surface area contributed by atoms with Crippen LogP contribution in [0.25, 0.3) is 0 Å². The highest BCUT2D eigenvalue weighted by atomic mass is 35.5. The summed E-state index contributed by atoms with van der Waals surface area (Å²) < 4.78 is 5.11. The highest BCUT2D eigenvalue weighted by Crippen LogP contribution is 2.20. The number of benzene rings is 1. The van der Waals surface area contributed by atoms with Gasteiger partial charge in [-0.25, -0.2) is 4.79 Å². The summed E-state index contributed by atoms with van der Waals surface area (Å²) in [7, 11) is 0. The summed E-state index contributed by atoms with van der Waals surface area (Å²) in [4.78, 5) is 13.0. The van der Waals surface area contributed by atoms with Gasteiger partial charge in [-0.15, -0.1) is 11.6 Å². The van der Waals surface area contributed by atoms with E-state index < -0.39 is 0 Å². The smallest absolute Gasteiger partial charge is 0.410 e. The van der Waals surface area contributed by atoms with E-state index in [1.54, 1.807) is 4.90 Å². The van der Waals surface area contributed by atoms with E-state index in [2.05, 4.69) is 0 Å². The van der Waals surface area contributed by atoms with Crippen molar-refractivity contribution in [3.63, 3.8) is 0 Å². The van der Waals surface area contributed by atoms with Gasteiger partial charge in [0.1, 0.15) is 6.61 Å². The van der Waals surface area contributed by atoms with Gasteiger partial charge in [-0.05, 0) is 5.56 Å². The van der Waals surface area contributed by atoms with Crippen LogP contribution in [-0.4, -0.2) is 29.5 Å². The highest BCUT2D eigenvalue weighted by molar-refractivity contribution is 6.18. The van der Waals surface area contributed by atoms with Gasteiger partial charge in [-0.1, -0.05) is 30.3 Å². The number of hydrogen-bond acceptors (Lipinski definition) is 2. The van der Waals surface area contributed by atoms with Crippen molar-refractivity contribution in [2.75, 3.05) is 12.4 Å². The van der Waals surface area contributed by atoms with E-state index in [1.807, 2.05) is 30.3 Å². The summed E-state index contributed by atoms with van der Waals surface area (Å²) in [6.07, 6.45) is -0.274. The van der Waals surface area contributed by atoms with Crippen molar-refractivity contribution in [1.29, 1.82) is 0 Å². The molecular formula is C11H12ClNO2. The van der Waals surface area contributed by atoms with Crippen LogP contribution in [0, 0.1) is 0 Å². The van der Waals surface area contributed by atoms with Crippen molar-refractivity contribution in [3.8, 4) is 0 Å². The van der Waals surface area contributed by atoms with Crippen LogP contribution in [0.2, 0.25) is 0 Å². The third-order valence-corrected chi connectivity index (χ3v) is 2.69. The van der Waals surface area contributed by atoms with Crippen molar-refractivity contribution >= 4 is 17.7 Å². The maximum atomic E-state index is 11.4. The van der Waals surface area contributed by atoms with Gasteiger partial charge in [0, 0.05) is 12.4 Å². The van der Waals surface area contributed by atoms with Crippen LogP contribution in [0.15, 0.2) is 30.3 Å². The lowest BCUT2D eigenvalue weighted by Crippen LogP contribution is -2.15. The second kappa shape index (κ2) is 4.53. The van der Waals surface area contributed by atoms with E-state index in [0.29, 0.717) is 12.5 Å². The monoisotopic (exact) mass is 225 g/mol. The normalized spacial score (nSPS) is 18.7. The Morgan fingerprint density at radius 3 is 2.80 bits per heavy atom. The number of carbonyl (C=O) groups is 1. The number of amides is 1. The second-order valence-electron chi connectivity index (χ2n) is 3.50. The minimum Gasteiger partial charge on any atom is -0.445 e. The number of halogens is 1. The lowest BCUT2D eigenvalue weighted by molar-refractivity contribution is 0.123. The highest BCUT2D eigenvalue weighted by Gasteiger charge is 2.38. The van der Waals surface area contributed by atoms with Crippen molar-refractivity contribution in [1.82, 2.24) is 4.90 Å². The predicted molar refractivity (Wildman–Crippen MR) is 57.8 cm³/mol. The molecule has 1 aromatic rings. The van der Waals surface area contributed by atoms with Crippen LogP contribution in [0.4, 0.5) is 4.79 Å². The molecule has 1 saturated heterocycles. The molecule has 0 spiro atoms. The summed E-state index contributed by atoms with van der Waals surface area (Å²) in [6, 6.07) is 9.79. The van der Waals surface area contributed by atoms with Crippen LogP contribution in [0.3, 0.4) is 0 Å². The third-order valence-electron chi connectivity index (χ3n) is 2.33. The molecule has 0 aromatic heterocycles. The average molecular weight is 226 g/mol. The Balaban J connectivity index is 1.77. The minimum atomic E-state index is -0.274. The lowest BCUT2D eigenvalue weighted by atomic mass is 10.2. The first-order valence-electron chi connectivity index (χ1n) is 4.84. The Bertz CT molecular complexity index is 342. The molecule has 0 bridgehead atoms. The van der Waals surface area contributed by atoms with Crippen molar-refractivity contribution in [2.24, 2.45) is 0 Å². The molecule has 1 aliphatic heterocycles. The fourth-order valence-corrected chi connectivity index (χ4v) is 1.60. The SMILES string of the molecule is O=C(OCc1ccccc1)N1C[C@H]1CCl. The molecule has 0 radical (unpaired) electrons. The van der Waals surface area contributed by atoms with E-state index in [0.717, 1.165) is 12.1 Å². The predicted octanol–water partition coefficient (Wildman–Crippen LogP) is 2.25. The Morgan fingerprint density at radius 1 is 1.47 bits per heavy atom. The Labute approximate surface area is 93.6 Å². The maximum absolute atomic E-state index is 11.4. The Hall–Kier alpha value is -1.22. The van der Waals surface area contributed by atoms with Crippen LogP contribution in [0.5, 0.6) is 0 Å². The van der Waals surface area contributed by atoms with Gasteiger partial charge in [0.25, 0.3) is 0 Å². The summed E-state index contributed by atoms with van der Waals surface area (Å²) in [5.41, 5.74) is 0.995. The molecule has 0 saturated carbocycles. The molecule has 1 atom stereocenters. The van der Waals surface area contributed by atoms with Gasteiger partial charge in [0.2, 0.25) is 0 Å². The van der Waals surface area contributed by atoms with E-state index in [9.17, 15) is 4.79 Å². The van der Waals surface area contributed by atoms with Crippen LogP contribution in [-0.2, 0) is 11.3 Å². The van der Waals surface area contributed by atoms with Gasteiger partial charge < -0.3 is 9.64 Å². The molecule has 0 aliphatic carbocycles. The summed E-state index contributed by atoms with van der Waals surface area (Å²) in [5.74, 6) is 0.487. The zero-order chi connectivity index (χ0) is 10.7. The van der Waals surface area contributed by atoms with Gasteiger partial charge in [-0.3, -0.25) is 0 Å². The zero-order valence-corrected chi connectivity index (χ0v) is 8.98. The number of hydrogen-bond donors (Lipinski definition) is 0. The molecule has 0 unspecified atom stereocenters. The van der Waals surface area contributed by atoms with E-state index >= 15 is 0 Å². The van der Waals surface area contributed by atoms with Crippen molar-refractivity contribution in [3.05, 3.63) is 35.9 Å². The number of rotatable bonds is 3. The Morgan fingerprint density at radius 2 is 2.20 bits per heavy atom. The number of alkyl halides is 1. The first kappa shape index (κ1) is 10.3. The fraction of sp³-hybridized carbons (Fsp3) is 0.364. The number of nitrogens with zero attached hydrogens (tertiary/aromatic N) is 1. The topological polar surface area (TPSA) is 29.3 Å². The average Bonchev–Trinajstić information content (AvgIpc) is 3.06. The molecule has 1 aliphatic rings. The fourth-order valence-electron chi connectivity index (χ4n) is 1.34. The molecule has 1 amide bonds. The van der Waals surface area contributed by atoms with Crippen LogP contribution < -0.4 is 0 Å². The maximum Gasteiger partial charge on any atom is 0.410 e. The third kappa shape index (κ3) is 2.63. The molecule has 0 N–H and O–H groups in total. The minimum absolute atomic E-state index is 0.176. The van der Waals surface area contributed by atoms with Crippen LogP contribution >= 0.6 is 11.6 Å². The molecule has 80 valence electrons. The molecule has 3 nitrogen and oxygen atoms in total. The summed E-state index contributed by atoms with van der Waals surface area (Å²) in [5, 5.41) is 0. The van der Waals surface area contributed by atoms with Gasteiger partial charge >= 0.3 is 6.09 Å². The molecule has 15 heavy (non-hydrogen) atoms. The molecule has 1 aromatic carbocycles. The molecule has 1 fully saturated rings. The van der Waals surface area contributed by atoms with Crippen molar-refractivity contribution in [2.45, 2.75) is 12.6 Å². The zero-order valence-electron chi connectivity index (χ0n) is 8.23. The van der Waals surface area contributed by atoms with Gasteiger partial charge in [0.05, 0.1) is 6.04 Å². The van der Waals surface area contributed by atoms with Crippen LogP contribution in [0.1, 0.15) is 5.56 Å². The first-order chi connectivity index (χ1) is 7.31. The van der Waals surface area contributed by atoms with E-state index in [4.69, 9.17) is 16.3 Å². The standard InChI is InChI=1S/C11H12ClNO2/c12-6-10-7-13(10)11(14)15-8-9-4-2-1-3-5-9/h1-5,10H,6-8H2/t10-,13?/m1/s1. The number of carbonyl (C=O) groups excluding carboxylic acids is 1. The molecular weight excluding hydrogens is 214 g/mol. The second-order valence-corrected chi connectivity index (χ2v) is 3.81. The molecule has 2 rings (SSSR count). The Kier molecular flexibility index (Phi) is 3.11. The summed E-state index contributed by atoms with van der Waals surface area (Å²) in [6.45, 7) is 1.04. The summed E-state index contributed by atoms with van der Waals surface area (Å²) >= 11 is 5.61.